The highest BCUT2D eigenvalue weighted by Gasteiger charge is 2.16. The highest BCUT2D eigenvalue weighted by atomic mass is 32.2. The first-order valence-electron chi connectivity index (χ1n) is 4.32. The molecule has 0 N–H and O–H groups in total. The molecule has 6 nitrogen and oxygen atoms in total. The van der Waals surface area contributed by atoms with Crippen molar-refractivity contribution in [3.8, 4) is 0 Å². The number of hydrogen-bond acceptors (Lipinski definition) is 5. The van der Waals surface area contributed by atoms with Crippen LogP contribution in [0.3, 0.4) is 0 Å². The van der Waals surface area contributed by atoms with Gasteiger partial charge in [0.1, 0.15) is 6.54 Å². The Morgan fingerprint density at radius 2 is 2.27 bits per heavy atom. The van der Waals surface area contributed by atoms with E-state index in [9.17, 15) is 13.2 Å². The maximum Gasteiger partial charge on any atom is 0.326 e. The molecule has 7 heteroatoms. The van der Waals surface area contributed by atoms with Crippen molar-refractivity contribution in [1.29, 1.82) is 0 Å². The summed E-state index contributed by atoms with van der Waals surface area (Å²) < 4.78 is 28.4. The molecule has 1 aromatic heterocycles. The summed E-state index contributed by atoms with van der Waals surface area (Å²) >= 11 is 0. The monoisotopic (exact) mass is 232 g/mol. The molecule has 1 heterocycles. The van der Waals surface area contributed by atoms with Crippen LogP contribution in [0.5, 0.6) is 0 Å². The Bertz CT molecular complexity index is 449. The van der Waals surface area contributed by atoms with Crippen LogP contribution in [0.15, 0.2) is 17.6 Å². The molecule has 0 radical (unpaired) electrons. The molecule has 0 saturated carbocycles. The number of nitrogens with zero attached hydrogens (tertiary/aromatic N) is 2. The van der Waals surface area contributed by atoms with E-state index in [-0.39, 0.29) is 18.3 Å². The quantitative estimate of drug-likeness (QED) is 0.674. The van der Waals surface area contributed by atoms with E-state index in [1.165, 1.54) is 17.0 Å². The number of sulfone groups is 1. The maximum atomic E-state index is 11.2. The zero-order valence-electron chi connectivity index (χ0n) is 8.50. The minimum absolute atomic E-state index is 0.129. The molecule has 0 unspecified atom stereocenters. The molecule has 0 fully saturated rings. The van der Waals surface area contributed by atoms with E-state index in [2.05, 4.69) is 4.98 Å². The number of imidazole rings is 1. The first kappa shape index (κ1) is 11.7. The number of carbonyl (C=O) groups excluding carboxylic acids is 1. The van der Waals surface area contributed by atoms with Crippen LogP contribution in [-0.4, -0.2) is 36.8 Å². The third-order valence-corrected chi connectivity index (χ3v) is 2.62. The molecule has 0 aliphatic rings. The second kappa shape index (κ2) is 4.43. The lowest BCUT2D eigenvalue weighted by Gasteiger charge is -2.05. The molecular formula is C8H12N2O4S. The Morgan fingerprint density at radius 1 is 1.60 bits per heavy atom. The minimum atomic E-state index is -3.41. The molecular weight excluding hydrogens is 220 g/mol. The van der Waals surface area contributed by atoms with E-state index in [1.807, 2.05) is 0 Å². The smallest absolute Gasteiger partial charge is 0.326 e. The average molecular weight is 232 g/mol. The second-order valence-corrected chi connectivity index (χ2v) is 4.82. The summed E-state index contributed by atoms with van der Waals surface area (Å²) in [6.07, 6.45) is 3.79. The molecule has 0 bridgehead atoms. The van der Waals surface area contributed by atoms with Crippen LogP contribution in [0.1, 0.15) is 6.92 Å². The lowest BCUT2D eigenvalue weighted by molar-refractivity contribution is -0.143. The van der Waals surface area contributed by atoms with Crippen molar-refractivity contribution < 1.29 is 17.9 Å². The maximum absolute atomic E-state index is 11.2. The van der Waals surface area contributed by atoms with Crippen LogP contribution in [0.2, 0.25) is 0 Å². The van der Waals surface area contributed by atoms with E-state index in [0.717, 1.165) is 6.26 Å². The molecule has 84 valence electrons. The van der Waals surface area contributed by atoms with Gasteiger partial charge in [0.05, 0.1) is 6.61 Å². The van der Waals surface area contributed by atoms with E-state index in [0.29, 0.717) is 0 Å². The first-order valence-corrected chi connectivity index (χ1v) is 6.21. The van der Waals surface area contributed by atoms with Gasteiger partial charge in [-0.05, 0) is 6.92 Å². The Morgan fingerprint density at radius 3 is 2.80 bits per heavy atom. The molecule has 0 saturated heterocycles. The van der Waals surface area contributed by atoms with Crippen LogP contribution in [-0.2, 0) is 25.9 Å². The van der Waals surface area contributed by atoms with Gasteiger partial charge in [-0.25, -0.2) is 13.4 Å². The summed E-state index contributed by atoms with van der Waals surface area (Å²) in [5.41, 5.74) is 0. The Labute approximate surface area is 87.8 Å². The van der Waals surface area contributed by atoms with Gasteiger partial charge in [0.2, 0.25) is 15.0 Å². The molecule has 0 spiro atoms. The van der Waals surface area contributed by atoms with Gasteiger partial charge >= 0.3 is 5.97 Å². The van der Waals surface area contributed by atoms with Crippen molar-refractivity contribution in [1.82, 2.24) is 9.55 Å². The highest BCUT2D eigenvalue weighted by Crippen LogP contribution is 2.05. The van der Waals surface area contributed by atoms with Gasteiger partial charge in [-0.2, -0.15) is 0 Å². The molecule has 0 aliphatic heterocycles. The summed E-state index contributed by atoms with van der Waals surface area (Å²) in [6, 6.07) is 0. The number of aromatic nitrogens is 2. The number of ether oxygens (including phenoxy) is 1. The molecule has 1 aromatic rings. The fraction of sp³-hybridized carbons (Fsp3) is 0.500. The van der Waals surface area contributed by atoms with Crippen LogP contribution in [0, 0.1) is 0 Å². The van der Waals surface area contributed by atoms with Crippen LogP contribution in [0.25, 0.3) is 0 Å². The largest absolute Gasteiger partial charge is 0.465 e. The van der Waals surface area contributed by atoms with Gasteiger partial charge in [0.15, 0.2) is 0 Å². The molecule has 0 aliphatic carbocycles. The third kappa shape index (κ3) is 3.05. The Balaban J connectivity index is 2.88. The molecule has 15 heavy (non-hydrogen) atoms. The van der Waals surface area contributed by atoms with Gasteiger partial charge in [-0.1, -0.05) is 0 Å². The number of carbonyl (C=O) groups is 1. The Kier molecular flexibility index (Phi) is 3.46. The van der Waals surface area contributed by atoms with E-state index in [4.69, 9.17) is 4.74 Å². The summed E-state index contributed by atoms with van der Waals surface area (Å²) in [5.74, 6) is -0.486. The van der Waals surface area contributed by atoms with Crippen molar-refractivity contribution in [2.45, 2.75) is 18.6 Å². The SMILES string of the molecule is CCOC(=O)Cn1ccnc1S(C)(=O)=O. The zero-order chi connectivity index (χ0) is 11.5. The highest BCUT2D eigenvalue weighted by molar-refractivity contribution is 7.90. The van der Waals surface area contributed by atoms with Gasteiger partial charge in [0.25, 0.3) is 0 Å². The summed E-state index contributed by atoms with van der Waals surface area (Å²) in [5, 5.41) is -0.129. The second-order valence-electron chi connectivity index (χ2n) is 2.91. The fourth-order valence-corrected chi connectivity index (χ4v) is 1.89. The van der Waals surface area contributed by atoms with Crippen LogP contribution >= 0.6 is 0 Å². The first-order chi connectivity index (χ1) is 6.95. The summed E-state index contributed by atoms with van der Waals surface area (Å²) in [4.78, 5) is 14.8. The molecule has 0 amide bonds. The lowest BCUT2D eigenvalue weighted by Crippen LogP contribution is -2.16. The van der Waals surface area contributed by atoms with Crippen molar-refractivity contribution in [3.05, 3.63) is 12.4 Å². The number of hydrogen-bond donors (Lipinski definition) is 0. The molecule has 1 rings (SSSR count). The number of rotatable bonds is 4. The van der Waals surface area contributed by atoms with Crippen molar-refractivity contribution in [3.63, 3.8) is 0 Å². The number of esters is 1. The van der Waals surface area contributed by atoms with E-state index in [1.54, 1.807) is 6.92 Å². The normalized spacial score (nSPS) is 11.3. The van der Waals surface area contributed by atoms with Gasteiger partial charge < -0.3 is 9.30 Å². The lowest BCUT2D eigenvalue weighted by atomic mass is 10.6. The molecule has 0 aromatic carbocycles. The predicted molar refractivity (Wildman–Crippen MR) is 52.0 cm³/mol. The van der Waals surface area contributed by atoms with E-state index >= 15 is 0 Å². The van der Waals surface area contributed by atoms with Crippen molar-refractivity contribution in [2.24, 2.45) is 0 Å². The average Bonchev–Trinajstić information content (AvgIpc) is 2.51. The van der Waals surface area contributed by atoms with E-state index < -0.39 is 15.8 Å². The molecule has 0 atom stereocenters. The van der Waals surface area contributed by atoms with Gasteiger partial charge in [-0.15, -0.1) is 0 Å². The van der Waals surface area contributed by atoms with Gasteiger partial charge in [0, 0.05) is 18.6 Å². The van der Waals surface area contributed by atoms with Gasteiger partial charge in [-0.3, -0.25) is 4.79 Å². The topological polar surface area (TPSA) is 78.3 Å². The van der Waals surface area contributed by atoms with Crippen LogP contribution in [0.4, 0.5) is 0 Å². The Hall–Kier alpha value is -1.37. The van der Waals surface area contributed by atoms with Crippen molar-refractivity contribution in [2.75, 3.05) is 12.9 Å². The van der Waals surface area contributed by atoms with Crippen LogP contribution < -0.4 is 0 Å². The zero-order valence-corrected chi connectivity index (χ0v) is 9.32. The van der Waals surface area contributed by atoms with Crippen molar-refractivity contribution >= 4 is 15.8 Å². The standard InChI is InChI=1S/C8H12N2O4S/c1-3-14-7(11)6-10-5-4-9-8(10)15(2,12)13/h4-5H,3,6H2,1-2H3. The predicted octanol–water partition coefficient (Wildman–Crippen LogP) is -0.150. The minimum Gasteiger partial charge on any atom is -0.465 e. The summed E-state index contributed by atoms with van der Waals surface area (Å²) in [6.45, 7) is 1.81. The third-order valence-electron chi connectivity index (χ3n) is 1.61. The summed E-state index contributed by atoms with van der Waals surface area (Å²) in [7, 11) is -3.41. The fourth-order valence-electron chi connectivity index (χ4n) is 1.09.